The van der Waals surface area contributed by atoms with Crippen molar-refractivity contribution in [3.63, 3.8) is 0 Å². The van der Waals surface area contributed by atoms with Gasteiger partial charge in [0.05, 0.1) is 4.92 Å². The van der Waals surface area contributed by atoms with E-state index in [1.54, 1.807) is 25.1 Å². The van der Waals surface area contributed by atoms with E-state index in [2.05, 4.69) is 26.2 Å². The third-order valence-electron chi connectivity index (χ3n) is 2.57. The molecular weight excluding hydrogens is 326 g/mol. The molecule has 1 N–H and O–H groups in total. The van der Waals surface area contributed by atoms with E-state index in [4.69, 9.17) is 0 Å². The number of halogens is 1. The number of aryl methyl sites for hydroxylation is 1. The number of nitro benzene ring substituents is 1. The van der Waals surface area contributed by atoms with Crippen LogP contribution in [0.1, 0.15) is 16.1 Å². The molecule has 20 heavy (non-hydrogen) atoms. The molecule has 7 heteroatoms. The molecule has 1 amide bonds. The second-order valence-corrected chi connectivity index (χ2v) is 4.92. The third kappa shape index (κ3) is 3.00. The van der Waals surface area contributed by atoms with E-state index in [0.717, 1.165) is 5.56 Å². The summed E-state index contributed by atoms with van der Waals surface area (Å²) in [6.07, 6.45) is 1.48. The Morgan fingerprint density at radius 2 is 2.15 bits per heavy atom. The topological polar surface area (TPSA) is 85.1 Å². The second kappa shape index (κ2) is 5.79. The molecule has 0 saturated heterocycles. The Morgan fingerprint density at radius 3 is 2.80 bits per heavy atom. The zero-order chi connectivity index (χ0) is 14.7. The average molecular weight is 336 g/mol. The Bertz CT molecular complexity index is 688. The van der Waals surface area contributed by atoms with Crippen LogP contribution in [0.15, 0.2) is 41.0 Å². The van der Waals surface area contributed by atoms with Crippen LogP contribution < -0.4 is 5.32 Å². The molecule has 0 aliphatic heterocycles. The van der Waals surface area contributed by atoms with E-state index in [1.165, 1.54) is 18.3 Å². The number of hydrogen-bond donors (Lipinski definition) is 1. The lowest BCUT2D eigenvalue weighted by molar-refractivity contribution is -0.384. The first-order valence-electron chi connectivity index (χ1n) is 5.66. The first-order chi connectivity index (χ1) is 9.49. The van der Waals surface area contributed by atoms with Crippen molar-refractivity contribution in [2.24, 2.45) is 0 Å². The number of amides is 1. The van der Waals surface area contributed by atoms with Crippen LogP contribution in [0.2, 0.25) is 0 Å². The van der Waals surface area contributed by atoms with Crippen LogP contribution in [0, 0.1) is 17.0 Å². The molecule has 1 aromatic carbocycles. The molecule has 0 aliphatic rings. The highest BCUT2D eigenvalue weighted by molar-refractivity contribution is 9.10. The lowest BCUT2D eigenvalue weighted by Gasteiger charge is -2.07. The van der Waals surface area contributed by atoms with Crippen molar-refractivity contribution >= 4 is 33.2 Å². The monoisotopic (exact) mass is 335 g/mol. The van der Waals surface area contributed by atoms with E-state index >= 15 is 0 Å². The highest BCUT2D eigenvalue weighted by Crippen LogP contribution is 2.26. The van der Waals surface area contributed by atoms with Crippen molar-refractivity contribution in [2.75, 3.05) is 5.32 Å². The molecule has 0 spiro atoms. The number of aromatic nitrogens is 1. The fourth-order valence-electron chi connectivity index (χ4n) is 1.63. The molecule has 0 radical (unpaired) electrons. The highest BCUT2D eigenvalue weighted by atomic mass is 79.9. The quantitative estimate of drug-likeness (QED) is 0.688. The highest BCUT2D eigenvalue weighted by Gasteiger charge is 2.18. The molecular formula is C13H10BrN3O3. The van der Waals surface area contributed by atoms with E-state index in [0.29, 0.717) is 4.47 Å². The first-order valence-corrected chi connectivity index (χ1v) is 6.45. The number of carbonyl (C=O) groups excluding carboxylic acids is 1. The predicted octanol–water partition coefficient (Wildman–Crippen LogP) is 3.31. The molecule has 102 valence electrons. The van der Waals surface area contributed by atoms with Gasteiger partial charge in [0, 0.05) is 16.7 Å². The summed E-state index contributed by atoms with van der Waals surface area (Å²) in [6.45, 7) is 1.74. The minimum Gasteiger partial charge on any atom is -0.315 e. The Balaban J connectivity index is 2.33. The molecule has 1 aromatic heterocycles. The van der Waals surface area contributed by atoms with Crippen molar-refractivity contribution in [3.05, 3.63) is 62.4 Å². The Labute approximate surface area is 123 Å². The van der Waals surface area contributed by atoms with Crippen LogP contribution in [0.25, 0.3) is 0 Å². The van der Waals surface area contributed by atoms with Crippen LogP contribution in [-0.4, -0.2) is 15.8 Å². The minimum absolute atomic E-state index is 0.142. The van der Waals surface area contributed by atoms with Gasteiger partial charge >= 0.3 is 0 Å². The van der Waals surface area contributed by atoms with Crippen molar-refractivity contribution in [1.29, 1.82) is 0 Å². The van der Waals surface area contributed by atoms with E-state index in [-0.39, 0.29) is 17.1 Å². The van der Waals surface area contributed by atoms with Crippen LogP contribution in [0.3, 0.4) is 0 Å². The molecule has 0 aliphatic carbocycles. The van der Waals surface area contributed by atoms with Crippen molar-refractivity contribution < 1.29 is 9.72 Å². The average Bonchev–Trinajstić information content (AvgIpc) is 2.41. The molecule has 0 fully saturated rings. The lowest BCUT2D eigenvalue weighted by Crippen LogP contribution is -2.15. The third-order valence-corrected chi connectivity index (χ3v) is 3.21. The van der Waals surface area contributed by atoms with Gasteiger partial charge in [-0.15, -0.1) is 0 Å². The van der Waals surface area contributed by atoms with Gasteiger partial charge in [-0.25, -0.2) is 4.98 Å². The number of nitrogens with zero attached hydrogens (tertiary/aromatic N) is 2. The minimum atomic E-state index is -0.532. The lowest BCUT2D eigenvalue weighted by atomic mass is 10.2. The maximum Gasteiger partial charge on any atom is 0.293 e. The molecule has 2 rings (SSSR count). The van der Waals surface area contributed by atoms with Gasteiger partial charge in [0.1, 0.15) is 11.4 Å². The van der Waals surface area contributed by atoms with Gasteiger partial charge in [-0.3, -0.25) is 14.9 Å². The Kier molecular flexibility index (Phi) is 4.09. The summed E-state index contributed by atoms with van der Waals surface area (Å²) in [5.41, 5.74) is 0.907. The van der Waals surface area contributed by atoms with Gasteiger partial charge in [0.2, 0.25) is 0 Å². The summed E-state index contributed by atoms with van der Waals surface area (Å²) in [7, 11) is 0. The van der Waals surface area contributed by atoms with Crippen LogP contribution in [0.4, 0.5) is 11.4 Å². The molecule has 0 unspecified atom stereocenters. The Hall–Kier alpha value is -2.28. The summed E-state index contributed by atoms with van der Waals surface area (Å²) in [5, 5.41) is 13.5. The van der Waals surface area contributed by atoms with E-state index in [1.807, 2.05) is 0 Å². The summed E-state index contributed by atoms with van der Waals surface area (Å²) in [4.78, 5) is 26.5. The standard InChI is InChI=1S/C13H10BrN3O3/c1-8-4-5-10(11(7-8)17(19)20)16-13(18)12-9(14)3-2-6-15-12/h2-7H,1H3,(H,16,18). The number of rotatable bonds is 3. The summed E-state index contributed by atoms with van der Waals surface area (Å²) in [5.74, 6) is -0.510. The van der Waals surface area contributed by atoms with Gasteiger partial charge in [-0.1, -0.05) is 6.07 Å². The summed E-state index contributed by atoms with van der Waals surface area (Å²) >= 11 is 3.21. The number of hydrogen-bond acceptors (Lipinski definition) is 4. The van der Waals surface area contributed by atoms with Gasteiger partial charge < -0.3 is 5.32 Å². The van der Waals surface area contributed by atoms with Gasteiger partial charge in [-0.05, 0) is 46.6 Å². The molecule has 0 atom stereocenters. The van der Waals surface area contributed by atoms with Crippen LogP contribution >= 0.6 is 15.9 Å². The van der Waals surface area contributed by atoms with Crippen LogP contribution in [-0.2, 0) is 0 Å². The van der Waals surface area contributed by atoms with Crippen LogP contribution in [0.5, 0.6) is 0 Å². The first kappa shape index (κ1) is 14.1. The maximum atomic E-state index is 12.1. The zero-order valence-electron chi connectivity index (χ0n) is 10.5. The Morgan fingerprint density at radius 1 is 1.40 bits per heavy atom. The molecule has 0 saturated carbocycles. The largest absolute Gasteiger partial charge is 0.315 e. The number of pyridine rings is 1. The normalized spacial score (nSPS) is 10.1. The number of anilines is 1. The van der Waals surface area contributed by atoms with Gasteiger partial charge in [0.15, 0.2) is 0 Å². The van der Waals surface area contributed by atoms with E-state index in [9.17, 15) is 14.9 Å². The SMILES string of the molecule is Cc1ccc(NC(=O)c2ncccc2Br)c([N+](=O)[O-])c1. The summed E-state index contributed by atoms with van der Waals surface area (Å²) in [6, 6.07) is 7.95. The van der Waals surface area contributed by atoms with E-state index < -0.39 is 10.8 Å². The smallest absolute Gasteiger partial charge is 0.293 e. The molecule has 0 bridgehead atoms. The van der Waals surface area contributed by atoms with Gasteiger partial charge in [-0.2, -0.15) is 0 Å². The molecule has 2 aromatic rings. The van der Waals surface area contributed by atoms with Gasteiger partial charge in [0.25, 0.3) is 11.6 Å². The summed E-state index contributed by atoms with van der Waals surface area (Å²) < 4.78 is 0.521. The molecule has 1 heterocycles. The number of benzene rings is 1. The number of nitrogens with one attached hydrogen (secondary N) is 1. The maximum absolute atomic E-state index is 12.1. The van der Waals surface area contributed by atoms with Crippen molar-refractivity contribution in [1.82, 2.24) is 4.98 Å². The van der Waals surface area contributed by atoms with Crippen molar-refractivity contribution in [3.8, 4) is 0 Å². The number of carbonyl (C=O) groups is 1. The molecule has 6 nitrogen and oxygen atoms in total. The zero-order valence-corrected chi connectivity index (χ0v) is 12.0. The fourth-order valence-corrected chi connectivity index (χ4v) is 2.07. The second-order valence-electron chi connectivity index (χ2n) is 4.07. The number of nitro groups is 1. The van der Waals surface area contributed by atoms with Crippen molar-refractivity contribution in [2.45, 2.75) is 6.92 Å². The predicted molar refractivity (Wildman–Crippen MR) is 77.7 cm³/mol. The fraction of sp³-hybridized carbons (Fsp3) is 0.0769.